The predicted molar refractivity (Wildman–Crippen MR) is 113 cm³/mol. The highest BCUT2D eigenvalue weighted by Crippen LogP contribution is 2.28. The molecule has 0 unspecified atom stereocenters. The number of para-hydroxylation sites is 1. The lowest BCUT2D eigenvalue weighted by atomic mass is 10.0. The van der Waals surface area contributed by atoms with Gasteiger partial charge in [0.25, 0.3) is 5.91 Å². The first-order chi connectivity index (χ1) is 13.6. The smallest absolute Gasteiger partial charge is 0.277 e. The second kappa shape index (κ2) is 7.68. The van der Waals surface area contributed by atoms with Crippen molar-refractivity contribution in [3.63, 3.8) is 0 Å². The summed E-state index contributed by atoms with van der Waals surface area (Å²) in [6, 6.07) is 17.8. The molecule has 0 atom stereocenters. The third kappa shape index (κ3) is 3.67. The summed E-state index contributed by atoms with van der Waals surface area (Å²) >= 11 is 0. The molecule has 3 aromatic rings. The Labute approximate surface area is 164 Å². The van der Waals surface area contributed by atoms with Crippen LogP contribution in [-0.4, -0.2) is 36.5 Å². The summed E-state index contributed by atoms with van der Waals surface area (Å²) < 4.78 is 0. The van der Waals surface area contributed by atoms with Crippen molar-refractivity contribution in [3.8, 4) is 0 Å². The topological polar surface area (TPSA) is 61.4 Å². The SMILES string of the molecule is CN(C)c1ccc(Nc2cc(C(=O)N3CCCc4ccccc43)ncn2)cc1. The van der Waals surface area contributed by atoms with Crippen LogP contribution in [0.5, 0.6) is 0 Å². The Hall–Kier alpha value is -3.41. The van der Waals surface area contributed by atoms with Gasteiger partial charge in [-0.1, -0.05) is 18.2 Å². The van der Waals surface area contributed by atoms with Gasteiger partial charge in [0.2, 0.25) is 0 Å². The summed E-state index contributed by atoms with van der Waals surface area (Å²) in [5.41, 5.74) is 4.60. The molecule has 1 N–H and O–H groups in total. The monoisotopic (exact) mass is 373 g/mol. The lowest BCUT2D eigenvalue weighted by Gasteiger charge is -2.29. The Morgan fingerprint density at radius 2 is 1.86 bits per heavy atom. The zero-order valence-corrected chi connectivity index (χ0v) is 16.1. The van der Waals surface area contributed by atoms with E-state index in [-0.39, 0.29) is 5.91 Å². The van der Waals surface area contributed by atoms with Gasteiger partial charge in [0.1, 0.15) is 17.8 Å². The van der Waals surface area contributed by atoms with E-state index in [9.17, 15) is 4.79 Å². The van der Waals surface area contributed by atoms with Gasteiger partial charge in [0.05, 0.1) is 0 Å². The van der Waals surface area contributed by atoms with E-state index in [4.69, 9.17) is 0 Å². The number of rotatable bonds is 4. The molecule has 2 aromatic carbocycles. The van der Waals surface area contributed by atoms with E-state index in [1.54, 1.807) is 6.07 Å². The number of aryl methyl sites for hydroxylation is 1. The molecule has 1 aromatic heterocycles. The Balaban J connectivity index is 1.55. The minimum absolute atomic E-state index is 0.0967. The van der Waals surface area contributed by atoms with Crippen molar-refractivity contribution < 1.29 is 4.79 Å². The van der Waals surface area contributed by atoms with Gasteiger partial charge >= 0.3 is 0 Å². The number of aromatic nitrogens is 2. The molecule has 1 aliphatic heterocycles. The van der Waals surface area contributed by atoms with Gasteiger partial charge in [-0.2, -0.15) is 0 Å². The normalized spacial score (nSPS) is 13.0. The molecule has 142 valence electrons. The summed E-state index contributed by atoms with van der Waals surface area (Å²) in [7, 11) is 4.01. The average molecular weight is 373 g/mol. The van der Waals surface area contributed by atoms with Crippen LogP contribution in [0.3, 0.4) is 0 Å². The third-order valence-electron chi connectivity index (χ3n) is 4.90. The molecule has 0 fully saturated rings. The number of carbonyl (C=O) groups is 1. The van der Waals surface area contributed by atoms with Crippen molar-refractivity contribution in [2.24, 2.45) is 0 Å². The number of amides is 1. The Morgan fingerprint density at radius 3 is 2.64 bits per heavy atom. The van der Waals surface area contributed by atoms with Crippen molar-refractivity contribution in [1.82, 2.24) is 9.97 Å². The average Bonchev–Trinajstić information content (AvgIpc) is 2.73. The molecule has 1 amide bonds. The highest BCUT2D eigenvalue weighted by Gasteiger charge is 2.24. The summed E-state index contributed by atoms with van der Waals surface area (Å²) in [6.07, 6.45) is 3.39. The lowest BCUT2D eigenvalue weighted by Crippen LogP contribution is -2.36. The molecule has 4 rings (SSSR count). The van der Waals surface area contributed by atoms with Crippen molar-refractivity contribution in [3.05, 3.63) is 72.2 Å². The second-order valence-electron chi connectivity index (χ2n) is 7.04. The summed E-state index contributed by atoms with van der Waals surface area (Å²) in [5, 5.41) is 3.25. The molecule has 6 nitrogen and oxygen atoms in total. The van der Waals surface area contributed by atoms with Crippen LogP contribution < -0.4 is 15.1 Å². The molecule has 6 heteroatoms. The van der Waals surface area contributed by atoms with Crippen molar-refractivity contribution >= 4 is 28.8 Å². The minimum Gasteiger partial charge on any atom is -0.378 e. The van der Waals surface area contributed by atoms with Crippen LogP contribution in [-0.2, 0) is 6.42 Å². The fourth-order valence-corrected chi connectivity index (χ4v) is 3.42. The molecule has 0 aliphatic carbocycles. The first kappa shape index (κ1) is 18.0. The molecule has 0 saturated heterocycles. The fraction of sp³-hybridized carbons (Fsp3) is 0.227. The highest BCUT2D eigenvalue weighted by molar-refractivity contribution is 6.05. The largest absolute Gasteiger partial charge is 0.378 e. The van der Waals surface area contributed by atoms with E-state index in [0.717, 1.165) is 29.9 Å². The molecule has 0 spiro atoms. The van der Waals surface area contributed by atoms with Gasteiger partial charge in [-0.25, -0.2) is 9.97 Å². The van der Waals surface area contributed by atoms with Gasteiger partial charge in [-0.3, -0.25) is 4.79 Å². The van der Waals surface area contributed by atoms with Crippen molar-refractivity contribution in [2.75, 3.05) is 35.8 Å². The Kier molecular flexibility index (Phi) is 4.93. The lowest BCUT2D eigenvalue weighted by molar-refractivity contribution is 0.0980. The number of hydrogen-bond acceptors (Lipinski definition) is 5. The number of carbonyl (C=O) groups excluding carboxylic acids is 1. The minimum atomic E-state index is -0.0967. The molecule has 28 heavy (non-hydrogen) atoms. The second-order valence-corrected chi connectivity index (χ2v) is 7.04. The highest BCUT2D eigenvalue weighted by atomic mass is 16.2. The molecule has 0 saturated carbocycles. The predicted octanol–water partition coefficient (Wildman–Crippen LogP) is 3.88. The van der Waals surface area contributed by atoms with E-state index < -0.39 is 0 Å². The Bertz CT molecular complexity index is 984. The molecule has 2 heterocycles. The van der Waals surface area contributed by atoms with Gasteiger partial charge < -0.3 is 15.1 Å². The van der Waals surface area contributed by atoms with Gasteiger partial charge in [-0.05, 0) is 48.7 Å². The van der Waals surface area contributed by atoms with Crippen LogP contribution in [0.2, 0.25) is 0 Å². The van der Waals surface area contributed by atoms with Gasteiger partial charge in [0.15, 0.2) is 0 Å². The number of benzene rings is 2. The van der Waals surface area contributed by atoms with Gasteiger partial charge in [-0.15, -0.1) is 0 Å². The molecular formula is C22H23N5O. The van der Waals surface area contributed by atoms with Crippen LogP contribution in [0.25, 0.3) is 0 Å². The molecule has 0 radical (unpaired) electrons. The first-order valence-corrected chi connectivity index (χ1v) is 9.38. The van der Waals surface area contributed by atoms with Gasteiger partial charge in [0, 0.05) is 43.8 Å². The molecule has 1 aliphatic rings. The van der Waals surface area contributed by atoms with E-state index in [1.807, 2.05) is 66.4 Å². The number of nitrogens with one attached hydrogen (secondary N) is 1. The standard InChI is InChI=1S/C22H23N5O/c1-26(2)18-11-9-17(10-12-18)25-21-14-19(23-15-24-21)22(28)27-13-5-7-16-6-3-4-8-20(16)27/h3-4,6,8-12,14-15H,5,7,13H2,1-2H3,(H,23,24,25). The van der Waals surface area contributed by atoms with E-state index in [1.165, 1.54) is 11.9 Å². The molecular weight excluding hydrogens is 350 g/mol. The third-order valence-corrected chi connectivity index (χ3v) is 4.90. The maximum absolute atomic E-state index is 13.1. The van der Waals surface area contributed by atoms with E-state index in [0.29, 0.717) is 18.1 Å². The van der Waals surface area contributed by atoms with Crippen LogP contribution >= 0.6 is 0 Å². The number of fused-ring (bicyclic) bond motifs is 1. The summed E-state index contributed by atoms with van der Waals surface area (Å²) in [5.74, 6) is 0.502. The fourth-order valence-electron chi connectivity index (χ4n) is 3.42. The van der Waals surface area contributed by atoms with Crippen LogP contribution in [0.15, 0.2) is 60.9 Å². The van der Waals surface area contributed by atoms with Crippen LogP contribution in [0.1, 0.15) is 22.5 Å². The molecule has 0 bridgehead atoms. The quantitative estimate of drug-likeness (QED) is 0.752. The summed E-state index contributed by atoms with van der Waals surface area (Å²) in [6.45, 7) is 0.703. The van der Waals surface area contributed by atoms with Crippen LogP contribution in [0, 0.1) is 0 Å². The van der Waals surface area contributed by atoms with Crippen molar-refractivity contribution in [2.45, 2.75) is 12.8 Å². The maximum atomic E-state index is 13.1. The summed E-state index contributed by atoms with van der Waals surface area (Å²) in [4.78, 5) is 25.4. The maximum Gasteiger partial charge on any atom is 0.277 e. The van der Waals surface area contributed by atoms with E-state index in [2.05, 4.69) is 21.4 Å². The number of nitrogens with zero attached hydrogens (tertiary/aromatic N) is 4. The zero-order valence-electron chi connectivity index (χ0n) is 16.1. The first-order valence-electron chi connectivity index (χ1n) is 9.38. The Morgan fingerprint density at radius 1 is 1.07 bits per heavy atom. The van der Waals surface area contributed by atoms with Crippen molar-refractivity contribution in [1.29, 1.82) is 0 Å². The number of hydrogen-bond donors (Lipinski definition) is 1. The zero-order chi connectivity index (χ0) is 19.5. The number of anilines is 4. The van der Waals surface area contributed by atoms with E-state index >= 15 is 0 Å². The van der Waals surface area contributed by atoms with Crippen LogP contribution in [0.4, 0.5) is 22.9 Å².